The molecule has 1 aliphatic rings. The number of rotatable bonds is 3. The molecule has 1 saturated heterocycles. The molecule has 0 amide bonds. The smallest absolute Gasteiger partial charge is 0.196 e. The highest BCUT2D eigenvalue weighted by atomic mass is 16.4. The third-order valence-corrected chi connectivity index (χ3v) is 3.50. The van der Waals surface area contributed by atoms with E-state index >= 15 is 0 Å². The van der Waals surface area contributed by atoms with Crippen LogP contribution in [0.2, 0.25) is 0 Å². The zero-order chi connectivity index (χ0) is 13.9. The lowest BCUT2D eigenvalue weighted by molar-refractivity contribution is 0.0987. The van der Waals surface area contributed by atoms with Crippen LogP contribution in [-0.2, 0) is 0 Å². The van der Waals surface area contributed by atoms with Crippen LogP contribution in [0, 0.1) is 0 Å². The predicted molar refractivity (Wildman–Crippen MR) is 77.4 cm³/mol. The molecule has 0 aromatic carbocycles. The minimum absolute atomic E-state index is 0.0385. The minimum Gasteiger partial charge on any atom is -0.437 e. The van der Waals surface area contributed by atoms with Crippen molar-refractivity contribution in [1.82, 2.24) is 4.98 Å². The second-order valence-corrected chi connectivity index (χ2v) is 4.86. The van der Waals surface area contributed by atoms with E-state index in [0.29, 0.717) is 5.76 Å². The van der Waals surface area contributed by atoms with E-state index in [1.807, 2.05) is 30.5 Å². The first-order chi connectivity index (χ1) is 9.74. The topological polar surface area (TPSA) is 49.6 Å². The van der Waals surface area contributed by atoms with Gasteiger partial charge in [0, 0.05) is 45.4 Å². The number of nitrogens with zero attached hydrogens (tertiary/aromatic N) is 3. The molecule has 0 aliphatic carbocycles. The van der Waals surface area contributed by atoms with Crippen LogP contribution in [0.3, 0.4) is 0 Å². The largest absolute Gasteiger partial charge is 0.437 e. The van der Waals surface area contributed by atoms with Crippen molar-refractivity contribution >= 4 is 17.5 Å². The number of hydrogen-bond acceptors (Lipinski definition) is 5. The molecule has 0 unspecified atom stereocenters. The number of anilines is 2. The van der Waals surface area contributed by atoms with E-state index < -0.39 is 0 Å². The Labute approximate surface area is 117 Å². The van der Waals surface area contributed by atoms with Crippen molar-refractivity contribution in [3.63, 3.8) is 0 Å². The highest BCUT2D eigenvalue weighted by Gasteiger charge is 2.20. The summed E-state index contributed by atoms with van der Waals surface area (Å²) < 4.78 is 5.57. The third kappa shape index (κ3) is 2.52. The van der Waals surface area contributed by atoms with E-state index in [0.717, 1.165) is 37.9 Å². The molecule has 0 spiro atoms. The number of hydrogen-bond donors (Lipinski definition) is 0. The quantitative estimate of drug-likeness (QED) is 0.801. The number of carbonyl (C=O) groups excluding carboxylic acids is 1. The van der Waals surface area contributed by atoms with Crippen LogP contribution in [-0.4, -0.2) is 36.9 Å². The number of ketones is 1. The molecule has 0 atom stereocenters. The fourth-order valence-electron chi connectivity index (χ4n) is 2.38. The molecule has 104 valence electrons. The first-order valence-electron chi connectivity index (χ1n) is 6.76. The molecule has 0 saturated carbocycles. The average molecular weight is 271 g/mol. The van der Waals surface area contributed by atoms with Gasteiger partial charge in [0.15, 0.2) is 17.4 Å². The van der Waals surface area contributed by atoms with E-state index in [4.69, 9.17) is 4.42 Å². The first-order valence-corrected chi connectivity index (χ1v) is 6.76. The van der Waals surface area contributed by atoms with Gasteiger partial charge in [-0.2, -0.15) is 0 Å². The van der Waals surface area contributed by atoms with E-state index in [9.17, 15) is 4.79 Å². The summed E-state index contributed by atoms with van der Waals surface area (Å²) in [7, 11) is 0. The highest BCUT2D eigenvalue weighted by molar-refractivity contribution is 5.91. The lowest BCUT2D eigenvalue weighted by Crippen LogP contribution is -2.46. The Hall–Kier alpha value is -2.30. The number of Topliss-reactive ketones (excluding diaryl/α,β-unsaturated/α-hetero) is 1. The molecule has 1 aliphatic heterocycles. The summed E-state index contributed by atoms with van der Waals surface area (Å²) in [4.78, 5) is 20.0. The monoisotopic (exact) mass is 271 g/mol. The zero-order valence-corrected chi connectivity index (χ0v) is 11.5. The van der Waals surface area contributed by atoms with Crippen LogP contribution < -0.4 is 9.80 Å². The highest BCUT2D eigenvalue weighted by Crippen LogP contribution is 2.21. The van der Waals surface area contributed by atoms with Crippen molar-refractivity contribution < 1.29 is 9.21 Å². The predicted octanol–water partition coefficient (Wildman–Crippen LogP) is 2.20. The maximum atomic E-state index is 11.2. The van der Waals surface area contributed by atoms with E-state index in [1.54, 1.807) is 6.07 Å². The fourth-order valence-corrected chi connectivity index (χ4v) is 2.38. The summed E-state index contributed by atoms with van der Waals surface area (Å²) in [5.41, 5.74) is 0. The van der Waals surface area contributed by atoms with Gasteiger partial charge in [0.1, 0.15) is 5.82 Å². The molecule has 20 heavy (non-hydrogen) atoms. The van der Waals surface area contributed by atoms with E-state index in [1.165, 1.54) is 6.92 Å². The van der Waals surface area contributed by atoms with Crippen LogP contribution in [0.4, 0.5) is 11.7 Å². The molecule has 2 aromatic heterocycles. The van der Waals surface area contributed by atoms with Gasteiger partial charge in [0.05, 0.1) is 0 Å². The molecular formula is C15H17N3O2. The molecule has 1 fully saturated rings. The number of piperazine rings is 1. The average Bonchev–Trinajstić information content (AvgIpc) is 2.98. The first kappa shape index (κ1) is 12.7. The van der Waals surface area contributed by atoms with Gasteiger partial charge in [-0.25, -0.2) is 4.98 Å². The molecular weight excluding hydrogens is 254 g/mol. The molecule has 0 bridgehead atoms. The Kier molecular flexibility index (Phi) is 3.41. The summed E-state index contributed by atoms with van der Waals surface area (Å²) >= 11 is 0. The van der Waals surface area contributed by atoms with Gasteiger partial charge >= 0.3 is 0 Å². The van der Waals surface area contributed by atoms with Crippen molar-refractivity contribution in [2.45, 2.75) is 6.92 Å². The van der Waals surface area contributed by atoms with Crippen LogP contribution >= 0.6 is 0 Å². The fraction of sp³-hybridized carbons (Fsp3) is 0.333. The van der Waals surface area contributed by atoms with E-state index in [-0.39, 0.29) is 5.78 Å². The zero-order valence-electron chi connectivity index (χ0n) is 11.5. The number of carbonyl (C=O) groups is 1. The summed E-state index contributed by atoms with van der Waals surface area (Å²) in [5.74, 6) is 2.17. The van der Waals surface area contributed by atoms with Gasteiger partial charge in [-0.15, -0.1) is 0 Å². The molecule has 5 heteroatoms. The maximum absolute atomic E-state index is 11.2. The Bertz CT molecular complexity index is 586. The van der Waals surface area contributed by atoms with Gasteiger partial charge in [-0.1, -0.05) is 6.07 Å². The van der Waals surface area contributed by atoms with Gasteiger partial charge in [0.2, 0.25) is 0 Å². The van der Waals surface area contributed by atoms with Crippen LogP contribution in [0.25, 0.3) is 0 Å². The standard InChI is InChI=1S/C15H17N3O2/c1-12(19)13-5-6-15(20-13)18-10-8-17(9-11-18)14-4-2-3-7-16-14/h2-7H,8-11H2,1H3. The summed E-state index contributed by atoms with van der Waals surface area (Å²) in [6.07, 6.45) is 1.81. The Morgan fingerprint density at radius 3 is 2.45 bits per heavy atom. The van der Waals surface area contributed by atoms with Crippen LogP contribution in [0.15, 0.2) is 40.9 Å². The van der Waals surface area contributed by atoms with Crippen molar-refractivity contribution in [2.24, 2.45) is 0 Å². The SMILES string of the molecule is CC(=O)c1ccc(N2CCN(c3ccccn3)CC2)o1. The van der Waals surface area contributed by atoms with Crippen molar-refractivity contribution in [1.29, 1.82) is 0 Å². The number of pyridine rings is 1. The maximum Gasteiger partial charge on any atom is 0.196 e. The molecule has 3 heterocycles. The van der Waals surface area contributed by atoms with Crippen molar-refractivity contribution in [2.75, 3.05) is 36.0 Å². The Balaban J connectivity index is 1.65. The van der Waals surface area contributed by atoms with Gasteiger partial charge in [-0.05, 0) is 18.2 Å². The van der Waals surface area contributed by atoms with Gasteiger partial charge in [-0.3, -0.25) is 4.79 Å². The Morgan fingerprint density at radius 1 is 1.10 bits per heavy atom. The molecule has 3 rings (SSSR count). The van der Waals surface area contributed by atoms with E-state index in [2.05, 4.69) is 14.8 Å². The lowest BCUT2D eigenvalue weighted by Gasteiger charge is -2.35. The molecule has 0 radical (unpaired) electrons. The second kappa shape index (κ2) is 5.36. The Morgan fingerprint density at radius 2 is 1.85 bits per heavy atom. The number of aromatic nitrogens is 1. The number of furan rings is 1. The normalized spacial score (nSPS) is 15.4. The molecule has 5 nitrogen and oxygen atoms in total. The third-order valence-electron chi connectivity index (χ3n) is 3.50. The van der Waals surface area contributed by atoms with Crippen molar-refractivity contribution in [3.05, 3.63) is 42.3 Å². The summed E-state index contributed by atoms with van der Waals surface area (Å²) in [6, 6.07) is 9.55. The van der Waals surface area contributed by atoms with Crippen molar-refractivity contribution in [3.8, 4) is 0 Å². The summed E-state index contributed by atoms with van der Waals surface area (Å²) in [6.45, 7) is 5.03. The lowest BCUT2D eigenvalue weighted by atomic mass is 10.3. The molecule has 2 aromatic rings. The van der Waals surface area contributed by atoms with Crippen LogP contribution in [0.1, 0.15) is 17.5 Å². The van der Waals surface area contributed by atoms with Crippen LogP contribution in [0.5, 0.6) is 0 Å². The summed E-state index contributed by atoms with van der Waals surface area (Å²) in [5, 5.41) is 0. The van der Waals surface area contributed by atoms with Gasteiger partial charge < -0.3 is 14.2 Å². The van der Waals surface area contributed by atoms with Gasteiger partial charge in [0.25, 0.3) is 0 Å². The second-order valence-electron chi connectivity index (χ2n) is 4.86. The minimum atomic E-state index is -0.0385. The molecule has 0 N–H and O–H groups in total.